The Kier molecular flexibility index (Phi) is 6.97. The minimum Gasteiger partial charge on any atom is -0.342 e. The van der Waals surface area contributed by atoms with Crippen molar-refractivity contribution in [2.24, 2.45) is 11.8 Å². The lowest BCUT2D eigenvalue weighted by Gasteiger charge is -2.37. The molecule has 4 rings (SSSR count). The largest absolute Gasteiger partial charge is 0.342 e. The van der Waals surface area contributed by atoms with Crippen LogP contribution in [0.2, 0.25) is 0 Å². The summed E-state index contributed by atoms with van der Waals surface area (Å²) in [6.45, 7) is 2.33. The molecular formula is C22H27BrN2O3S2. The molecule has 1 amide bonds. The molecular weight excluding hydrogens is 484 g/mol. The first kappa shape index (κ1) is 22.0. The van der Waals surface area contributed by atoms with Gasteiger partial charge in [0.05, 0.1) is 9.70 Å². The van der Waals surface area contributed by atoms with Gasteiger partial charge < -0.3 is 4.90 Å². The van der Waals surface area contributed by atoms with E-state index in [9.17, 15) is 13.2 Å². The zero-order chi connectivity index (χ0) is 21.1. The lowest BCUT2D eigenvalue weighted by Crippen LogP contribution is -2.48. The lowest BCUT2D eigenvalue weighted by atomic mass is 9.89. The second-order valence-corrected chi connectivity index (χ2v) is 12.8. The van der Waals surface area contributed by atoms with Gasteiger partial charge in [-0.2, -0.15) is 4.31 Å². The normalized spacial score (nSPS) is 21.6. The van der Waals surface area contributed by atoms with Crippen LogP contribution in [0.15, 0.2) is 50.5 Å². The van der Waals surface area contributed by atoms with Crippen molar-refractivity contribution < 1.29 is 13.2 Å². The number of hydrogen-bond donors (Lipinski definition) is 0. The summed E-state index contributed by atoms with van der Waals surface area (Å²) in [5.41, 5.74) is 1.36. The van der Waals surface area contributed by atoms with Gasteiger partial charge in [-0.3, -0.25) is 4.79 Å². The van der Waals surface area contributed by atoms with E-state index < -0.39 is 10.0 Å². The van der Waals surface area contributed by atoms with Crippen LogP contribution < -0.4 is 0 Å². The summed E-state index contributed by atoms with van der Waals surface area (Å²) in [6, 6.07) is 13.9. The number of piperidine rings is 2. The molecule has 2 saturated heterocycles. The highest BCUT2D eigenvalue weighted by Crippen LogP contribution is 2.32. The first-order chi connectivity index (χ1) is 14.4. The maximum absolute atomic E-state index is 13.1. The van der Waals surface area contributed by atoms with Crippen molar-refractivity contribution in [2.75, 3.05) is 26.2 Å². The first-order valence-corrected chi connectivity index (χ1v) is 13.6. The summed E-state index contributed by atoms with van der Waals surface area (Å²) < 4.78 is 28.5. The fourth-order valence-electron chi connectivity index (χ4n) is 4.49. The molecule has 8 heteroatoms. The van der Waals surface area contributed by atoms with Crippen molar-refractivity contribution in [3.8, 4) is 0 Å². The van der Waals surface area contributed by atoms with E-state index in [1.807, 2.05) is 11.0 Å². The van der Waals surface area contributed by atoms with E-state index in [4.69, 9.17) is 0 Å². The number of carbonyl (C=O) groups is 1. The number of hydrogen-bond acceptors (Lipinski definition) is 4. The number of benzene rings is 1. The number of thiophene rings is 1. The van der Waals surface area contributed by atoms with E-state index in [1.165, 1.54) is 21.2 Å². The Balaban J connectivity index is 1.34. The van der Waals surface area contributed by atoms with Crippen LogP contribution in [-0.4, -0.2) is 49.7 Å². The van der Waals surface area contributed by atoms with Crippen molar-refractivity contribution in [1.82, 2.24) is 9.21 Å². The second kappa shape index (κ2) is 9.51. The van der Waals surface area contributed by atoms with Gasteiger partial charge in [-0.25, -0.2) is 8.42 Å². The summed E-state index contributed by atoms with van der Waals surface area (Å²) in [7, 11) is -3.53. The highest BCUT2D eigenvalue weighted by molar-refractivity contribution is 9.11. The molecule has 2 fully saturated rings. The van der Waals surface area contributed by atoms with Crippen LogP contribution in [0.3, 0.4) is 0 Å². The Morgan fingerprint density at radius 1 is 1.03 bits per heavy atom. The molecule has 0 N–H and O–H groups in total. The van der Waals surface area contributed by atoms with E-state index in [0.717, 1.165) is 49.0 Å². The monoisotopic (exact) mass is 510 g/mol. The van der Waals surface area contributed by atoms with Gasteiger partial charge in [-0.05, 0) is 71.6 Å². The molecule has 0 radical (unpaired) electrons. The third kappa shape index (κ3) is 4.98. The van der Waals surface area contributed by atoms with Gasteiger partial charge in [0.2, 0.25) is 5.91 Å². The molecule has 0 bridgehead atoms. The Hall–Kier alpha value is -1.22. The standard InChI is InChI=1S/C22H27BrN2O3S2/c23-20-8-9-21(29-20)30(27,28)25-12-4-7-19(16-25)22(26)24-13-10-18(11-14-24)15-17-5-2-1-3-6-17/h1-3,5-6,8-9,18-19H,4,7,10-16H2/t19-/m0/s1. The van der Waals surface area contributed by atoms with Gasteiger partial charge in [-0.15, -0.1) is 11.3 Å². The van der Waals surface area contributed by atoms with Gasteiger partial charge in [0.1, 0.15) is 4.21 Å². The molecule has 2 aliphatic heterocycles. The molecule has 0 unspecified atom stereocenters. The minimum absolute atomic E-state index is 0.125. The highest BCUT2D eigenvalue weighted by atomic mass is 79.9. The Bertz CT molecular complexity index is 969. The third-order valence-electron chi connectivity index (χ3n) is 6.17. The van der Waals surface area contributed by atoms with Crippen molar-refractivity contribution in [3.05, 3.63) is 51.8 Å². The molecule has 0 aliphatic carbocycles. The van der Waals surface area contributed by atoms with Crippen LogP contribution in [0.4, 0.5) is 0 Å². The molecule has 2 aliphatic rings. The topological polar surface area (TPSA) is 57.7 Å². The molecule has 5 nitrogen and oxygen atoms in total. The van der Waals surface area contributed by atoms with Gasteiger partial charge in [0, 0.05) is 26.2 Å². The number of likely N-dealkylation sites (tertiary alicyclic amines) is 1. The maximum atomic E-state index is 13.1. The highest BCUT2D eigenvalue weighted by Gasteiger charge is 2.36. The summed E-state index contributed by atoms with van der Waals surface area (Å²) in [5, 5.41) is 0. The van der Waals surface area contributed by atoms with Crippen molar-refractivity contribution in [2.45, 2.75) is 36.3 Å². The molecule has 1 atom stereocenters. The number of nitrogens with zero attached hydrogens (tertiary/aromatic N) is 2. The fourth-order valence-corrected chi connectivity index (χ4v) is 8.18. The van der Waals surface area contributed by atoms with Gasteiger partial charge >= 0.3 is 0 Å². The minimum atomic E-state index is -3.53. The van der Waals surface area contributed by atoms with E-state index in [-0.39, 0.29) is 11.8 Å². The third-order valence-corrected chi connectivity index (χ3v) is 10.1. The zero-order valence-corrected chi connectivity index (χ0v) is 20.1. The predicted octanol–water partition coefficient (Wildman–Crippen LogP) is 4.39. The summed E-state index contributed by atoms with van der Waals surface area (Å²) in [6.07, 6.45) is 4.58. The Morgan fingerprint density at radius 3 is 2.43 bits per heavy atom. The predicted molar refractivity (Wildman–Crippen MR) is 123 cm³/mol. The molecule has 1 aromatic carbocycles. The first-order valence-electron chi connectivity index (χ1n) is 10.5. The molecule has 2 aromatic rings. The summed E-state index contributed by atoms with van der Waals surface area (Å²) >= 11 is 4.55. The Morgan fingerprint density at radius 2 is 1.77 bits per heavy atom. The average molecular weight is 512 g/mol. The number of sulfonamides is 1. The number of carbonyl (C=O) groups excluding carboxylic acids is 1. The zero-order valence-electron chi connectivity index (χ0n) is 16.9. The molecule has 3 heterocycles. The number of rotatable bonds is 5. The van der Waals surface area contributed by atoms with E-state index in [0.29, 0.717) is 23.2 Å². The van der Waals surface area contributed by atoms with E-state index in [1.54, 1.807) is 12.1 Å². The lowest BCUT2D eigenvalue weighted by molar-refractivity contribution is -0.138. The summed E-state index contributed by atoms with van der Waals surface area (Å²) in [5.74, 6) is 0.500. The molecule has 0 saturated carbocycles. The number of amides is 1. The SMILES string of the molecule is O=C([C@H]1CCCN(S(=O)(=O)c2ccc(Br)s2)C1)N1CCC(Cc2ccccc2)CC1. The van der Waals surface area contributed by atoms with Crippen LogP contribution in [0, 0.1) is 11.8 Å². The van der Waals surface area contributed by atoms with Crippen LogP contribution in [0.1, 0.15) is 31.2 Å². The quantitative estimate of drug-likeness (QED) is 0.599. The van der Waals surface area contributed by atoms with Crippen molar-refractivity contribution in [1.29, 1.82) is 0 Å². The van der Waals surface area contributed by atoms with Crippen LogP contribution >= 0.6 is 27.3 Å². The van der Waals surface area contributed by atoms with Gasteiger partial charge in [-0.1, -0.05) is 30.3 Å². The fraction of sp³-hybridized carbons (Fsp3) is 0.500. The summed E-state index contributed by atoms with van der Waals surface area (Å²) in [4.78, 5) is 15.1. The molecule has 1 aromatic heterocycles. The van der Waals surface area contributed by atoms with Gasteiger partial charge in [0.25, 0.3) is 10.0 Å². The van der Waals surface area contributed by atoms with E-state index >= 15 is 0 Å². The molecule has 162 valence electrons. The maximum Gasteiger partial charge on any atom is 0.252 e. The Labute approximate surface area is 191 Å². The number of halogens is 1. The second-order valence-electron chi connectivity index (χ2n) is 8.22. The molecule has 0 spiro atoms. The van der Waals surface area contributed by atoms with Gasteiger partial charge in [0.15, 0.2) is 0 Å². The van der Waals surface area contributed by atoms with Crippen molar-refractivity contribution in [3.63, 3.8) is 0 Å². The van der Waals surface area contributed by atoms with Crippen molar-refractivity contribution >= 4 is 43.2 Å². The van der Waals surface area contributed by atoms with Crippen LogP contribution in [-0.2, 0) is 21.2 Å². The van der Waals surface area contributed by atoms with E-state index in [2.05, 4.69) is 40.2 Å². The average Bonchev–Trinajstić information content (AvgIpc) is 3.22. The van der Waals surface area contributed by atoms with Crippen LogP contribution in [0.5, 0.6) is 0 Å². The smallest absolute Gasteiger partial charge is 0.252 e. The van der Waals surface area contributed by atoms with Crippen LogP contribution in [0.25, 0.3) is 0 Å². The molecule has 30 heavy (non-hydrogen) atoms.